The van der Waals surface area contributed by atoms with Gasteiger partial charge >= 0.3 is 5.97 Å². The van der Waals surface area contributed by atoms with E-state index in [1.54, 1.807) is 19.1 Å². The summed E-state index contributed by atoms with van der Waals surface area (Å²) in [5.41, 5.74) is 2.07. The molecule has 31 heavy (non-hydrogen) atoms. The molecule has 0 saturated carbocycles. The molecule has 4 rings (SSSR count). The van der Waals surface area contributed by atoms with Crippen LogP contribution in [0.25, 0.3) is 10.9 Å². The van der Waals surface area contributed by atoms with Crippen molar-refractivity contribution in [2.75, 3.05) is 18.0 Å². The molecule has 1 saturated heterocycles. The standard InChI is InChI=1S/C21H19Cl3N4O3/c1-10-16(23)17(24)19(25-10)20(29)26-11-5-7-28(8-6-11)15-9-14(21(30)31)27-18-12(15)3-2-4-13(18)22/h2-4,9,11,25H,5-8H2,1H3,(H,26,29)(H,30,31). The van der Waals surface area contributed by atoms with Gasteiger partial charge in [-0.1, -0.05) is 46.9 Å². The van der Waals surface area contributed by atoms with E-state index < -0.39 is 5.97 Å². The average molecular weight is 482 g/mol. The van der Waals surface area contributed by atoms with Crippen molar-refractivity contribution in [3.8, 4) is 0 Å². The van der Waals surface area contributed by atoms with Gasteiger partial charge in [-0.25, -0.2) is 9.78 Å². The first-order chi connectivity index (χ1) is 14.8. The molecule has 0 radical (unpaired) electrons. The Bertz CT molecular complexity index is 1190. The Kier molecular flexibility index (Phi) is 6.01. The fourth-order valence-corrected chi connectivity index (χ4v) is 4.45. The number of carbonyl (C=O) groups excluding carboxylic acids is 1. The highest BCUT2D eigenvalue weighted by atomic mass is 35.5. The fraction of sp³-hybridized carbons (Fsp3) is 0.286. The molecule has 0 atom stereocenters. The number of carboxylic acid groups (broad SMARTS) is 1. The van der Waals surface area contributed by atoms with Gasteiger partial charge in [0.15, 0.2) is 5.69 Å². The summed E-state index contributed by atoms with van der Waals surface area (Å²) in [5.74, 6) is -1.41. The number of aromatic carboxylic acids is 1. The van der Waals surface area contributed by atoms with Gasteiger partial charge in [-0.2, -0.15) is 0 Å². The molecule has 1 aromatic carbocycles. The molecule has 2 aromatic heterocycles. The molecule has 0 aliphatic carbocycles. The second kappa shape index (κ2) is 8.57. The predicted octanol–water partition coefficient (Wildman–Crippen LogP) is 4.93. The molecule has 0 unspecified atom stereocenters. The van der Waals surface area contributed by atoms with Crippen LogP contribution in [0.5, 0.6) is 0 Å². The maximum Gasteiger partial charge on any atom is 0.354 e. The molecular formula is C21H19Cl3N4O3. The molecule has 3 N–H and O–H groups in total. The zero-order valence-corrected chi connectivity index (χ0v) is 18.8. The molecule has 7 nitrogen and oxygen atoms in total. The van der Waals surface area contributed by atoms with Crippen molar-refractivity contribution in [3.05, 3.63) is 56.4 Å². The number of hydrogen-bond donors (Lipinski definition) is 3. The van der Waals surface area contributed by atoms with Gasteiger partial charge in [0.25, 0.3) is 5.91 Å². The number of fused-ring (bicyclic) bond motifs is 1. The number of benzene rings is 1. The molecule has 10 heteroatoms. The van der Waals surface area contributed by atoms with Crippen molar-refractivity contribution >= 4 is 63.3 Å². The zero-order valence-electron chi connectivity index (χ0n) is 16.5. The van der Waals surface area contributed by atoms with Crippen molar-refractivity contribution < 1.29 is 14.7 Å². The van der Waals surface area contributed by atoms with Crippen molar-refractivity contribution in [1.82, 2.24) is 15.3 Å². The highest BCUT2D eigenvalue weighted by Crippen LogP contribution is 2.33. The second-order valence-electron chi connectivity index (χ2n) is 7.46. The van der Waals surface area contributed by atoms with Gasteiger partial charge in [-0.3, -0.25) is 4.79 Å². The number of amides is 1. The van der Waals surface area contributed by atoms with E-state index in [2.05, 4.69) is 20.2 Å². The summed E-state index contributed by atoms with van der Waals surface area (Å²) in [7, 11) is 0. The number of carbonyl (C=O) groups is 2. The number of aromatic amines is 1. The molecule has 1 aliphatic rings. The lowest BCUT2D eigenvalue weighted by Crippen LogP contribution is -2.45. The van der Waals surface area contributed by atoms with E-state index in [1.807, 2.05) is 12.1 Å². The third-order valence-electron chi connectivity index (χ3n) is 5.44. The van der Waals surface area contributed by atoms with Crippen molar-refractivity contribution in [2.24, 2.45) is 0 Å². The monoisotopic (exact) mass is 480 g/mol. The van der Waals surface area contributed by atoms with E-state index in [1.165, 1.54) is 0 Å². The summed E-state index contributed by atoms with van der Waals surface area (Å²) in [5, 5.41) is 14.2. The van der Waals surface area contributed by atoms with E-state index in [4.69, 9.17) is 34.8 Å². The largest absolute Gasteiger partial charge is 0.477 e. The molecule has 3 aromatic rings. The lowest BCUT2D eigenvalue weighted by atomic mass is 10.0. The summed E-state index contributed by atoms with van der Waals surface area (Å²) in [6.45, 7) is 3.02. The van der Waals surface area contributed by atoms with E-state index in [-0.39, 0.29) is 28.4 Å². The lowest BCUT2D eigenvalue weighted by molar-refractivity contribution is 0.0690. The van der Waals surface area contributed by atoms with Gasteiger partial charge in [0.1, 0.15) is 5.69 Å². The minimum absolute atomic E-state index is 0.0437. The maximum atomic E-state index is 12.6. The molecule has 0 spiro atoms. The van der Waals surface area contributed by atoms with E-state index >= 15 is 0 Å². The summed E-state index contributed by atoms with van der Waals surface area (Å²) in [6.07, 6.45) is 1.37. The molecule has 1 amide bonds. The third kappa shape index (κ3) is 4.18. The highest BCUT2D eigenvalue weighted by molar-refractivity contribution is 6.44. The first-order valence-electron chi connectivity index (χ1n) is 9.68. The number of anilines is 1. The molecule has 1 aliphatic heterocycles. The van der Waals surface area contributed by atoms with Gasteiger partial charge in [0.2, 0.25) is 0 Å². The molecule has 3 heterocycles. The number of nitrogens with one attached hydrogen (secondary N) is 2. The summed E-state index contributed by atoms with van der Waals surface area (Å²) < 4.78 is 0. The first-order valence-corrected chi connectivity index (χ1v) is 10.8. The van der Waals surface area contributed by atoms with Crippen molar-refractivity contribution in [2.45, 2.75) is 25.8 Å². The summed E-state index contributed by atoms with van der Waals surface area (Å²) >= 11 is 18.5. The van der Waals surface area contributed by atoms with Gasteiger partial charge in [-0.15, -0.1) is 0 Å². The Balaban J connectivity index is 1.52. The average Bonchev–Trinajstić information content (AvgIpc) is 3.01. The van der Waals surface area contributed by atoms with Crippen molar-refractivity contribution in [1.29, 1.82) is 0 Å². The van der Waals surface area contributed by atoms with E-state index in [0.717, 1.165) is 11.1 Å². The molecular weight excluding hydrogens is 463 g/mol. The number of aromatic nitrogens is 2. The Morgan fingerprint density at radius 1 is 1.19 bits per heavy atom. The van der Waals surface area contributed by atoms with Gasteiger partial charge in [-0.05, 0) is 31.9 Å². The Morgan fingerprint density at radius 3 is 2.52 bits per heavy atom. The minimum Gasteiger partial charge on any atom is -0.477 e. The van der Waals surface area contributed by atoms with E-state index in [0.29, 0.717) is 47.2 Å². The third-order valence-corrected chi connectivity index (χ3v) is 6.69. The van der Waals surface area contributed by atoms with E-state index in [9.17, 15) is 14.7 Å². The van der Waals surface area contributed by atoms with Crippen LogP contribution in [0.4, 0.5) is 5.69 Å². The SMILES string of the molecule is Cc1[nH]c(C(=O)NC2CCN(c3cc(C(=O)O)nc4c(Cl)cccc34)CC2)c(Cl)c1Cl. The zero-order chi connectivity index (χ0) is 22.3. The Labute approximate surface area is 193 Å². The second-order valence-corrected chi connectivity index (χ2v) is 8.62. The Hall–Kier alpha value is -2.48. The van der Waals surface area contributed by atoms with Crippen LogP contribution in [0.3, 0.4) is 0 Å². The topological polar surface area (TPSA) is 98.3 Å². The number of rotatable bonds is 4. The summed E-state index contributed by atoms with van der Waals surface area (Å²) in [6, 6.07) is 6.91. The minimum atomic E-state index is -1.11. The van der Waals surface area contributed by atoms with Crippen LogP contribution in [0.15, 0.2) is 24.3 Å². The van der Waals surface area contributed by atoms with Gasteiger partial charge < -0.3 is 20.3 Å². The van der Waals surface area contributed by atoms with Crippen molar-refractivity contribution in [3.63, 3.8) is 0 Å². The lowest BCUT2D eigenvalue weighted by Gasteiger charge is -2.34. The first kappa shape index (κ1) is 21.7. The van der Waals surface area contributed by atoms with Crippen LogP contribution in [-0.2, 0) is 0 Å². The number of para-hydroxylation sites is 1. The number of aryl methyl sites for hydroxylation is 1. The van der Waals surface area contributed by atoms with Crippen LogP contribution in [0, 0.1) is 6.92 Å². The van der Waals surface area contributed by atoms with Crippen LogP contribution in [0.1, 0.15) is 39.5 Å². The predicted molar refractivity (Wildman–Crippen MR) is 122 cm³/mol. The van der Waals surface area contributed by atoms with Gasteiger partial charge in [0, 0.05) is 35.9 Å². The number of H-pyrrole nitrogens is 1. The quantitative estimate of drug-likeness (QED) is 0.491. The number of hydrogen-bond acceptors (Lipinski definition) is 4. The van der Waals surface area contributed by atoms with Gasteiger partial charge in [0.05, 0.1) is 20.6 Å². The molecule has 162 valence electrons. The number of pyridine rings is 1. The smallest absolute Gasteiger partial charge is 0.354 e. The number of carboxylic acids is 1. The Morgan fingerprint density at radius 2 is 1.90 bits per heavy atom. The van der Waals surface area contributed by atoms with Crippen LogP contribution in [-0.4, -0.2) is 46.1 Å². The number of piperidine rings is 1. The number of halogens is 3. The summed E-state index contributed by atoms with van der Waals surface area (Å²) in [4.78, 5) is 33.4. The fourth-order valence-electron chi connectivity index (χ4n) is 3.82. The normalized spacial score (nSPS) is 14.8. The number of nitrogens with zero attached hydrogens (tertiary/aromatic N) is 2. The maximum absolute atomic E-state index is 12.6. The van der Waals surface area contributed by atoms with Crippen LogP contribution >= 0.6 is 34.8 Å². The highest BCUT2D eigenvalue weighted by Gasteiger charge is 2.26. The molecule has 0 bridgehead atoms. The molecule has 1 fully saturated rings. The van der Waals surface area contributed by atoms with Crippen LogP contribution < -0.4 is 10.2 Å². The van der Waals surface area contributed by atoms with Crippen LogP contribution in [0.2, 0.25) is 15.1 Å².